The molecule has 204 valence electrons. The monoisotopic (exact) mass is 525 g/mol. The fraction of sp³-hybridized carbons (Fsp3) is 0.423. The van der Waals surface area contributed by atoms with E-state index in [0.717, 1.165) is 6.42 Å². The predicted octanol–water partition coefficient (Wildman–Crippen LogP) is 2.21. The number of anilines is 1. The number of carbonyl (C=O) groups is 2. The van der Waals surface area contributed by atoms with Crippen LogP contribution in [0.3, 0.4) is 0 Å². The third kappa shape index (κ3) is 8.44. The second-order valence-electron chi connectivity index (χ2n) is 9.26. The number of guanidine groups is 1. The number of nitrogens with two attached hydrogens (primary N) is 2. The smallest absolute Gasteiger partial charge is 0.269 e. The summed E-state index contributed by atoms with van der Waals surface area (Å²) in [6, 6.07) is 13.7. The minimum atomic E-state index is -0.867. The minimum absolute atomic E-state index is 0.0520. The van der Waals surface area contributed by atoms with E-state index >= 15 is 0 Å². The standard InChI is InChI=1S/C26H35N7O5/c1-18-13-15-29-23(16-18)32(24(34)17-38-21-6-3-2-4-7-21)22(8-5-14-30-26(27)28)25(35)31-19-9-11-20(12-10-19)33(36)37/h2-4,6-7,9-12,18,22-23,29H,5,8,13-17H2,1H3,(H,31,35)(H4,27,28,30)/t18?,22-,23?/m0/s1. The first-order valence-corrected chi connectivity index (χ1v) is 12.6. The van der Waals surface area contributed by atoms with Gasteiger partial charge in [-0.3, -0.25) is 30.0 Å². The van der Waals surface area contributed by atoms with Gasteiger partial charge in [0.1, 0.15) is 11.8 Å². The third-order valence-electron chi connectivity index (χ3n) is 6.29. The Morgan fingerprint density at radius 1 is 1.21 bits per heavy atom. The molecule has 0 bridgehead atoms. The van der Waals surface area contributed by atoms with Crippen molar-refractivity contribution in [3.8, 4) is 5.75 Å². The van der Waals surface area contributed by atoms with E-state index < -0.39 is 16.9 Å². The van der Waals surface area contributed by atoms with Gasteiger partial charge in [0, 0.05) is 24.4 Å². The zero-order chi connectivity index (χ0) is 27.5. The van der Waals surface area contributed by atoms with Crippen LogP contribution in [-0.2, 0) is 9.59 Å². The zero-order valence-corrected chi connectivity index (χ0v) is 21.4. The van der Waals surface area contributed by atoms with E-state index in [1.807, 2.05) is 18.2 Å². The van der Waals surface area contributed by atoms with Crippen LogP contribution in [0.5, 0.6) is 5.75 Å². The minimum Gasteiger partial charge on any atom is -0.484 e. The van der Waals surface area contributed by atoms with Crippen molar-refractivity contribution in [1.29, 1.82) is 0 Å². The zero-order valence-electron chi connectivity index (χ0n) is 21.4. The van der Waals surface area contributed by atoms with Gasteiger partial charge in [0.25, 0.3) is 11.6 Å². The van der Waals surface area contributed by atoms with Gasteiger partial charge >= 0.3 is 0 Å². The number of nitro benzene ring substituents is 1. The number of ether oxygens (including phenoxy) is 1. The van der Waals surface area contributed by atoms with E-state index in [2.05, 4.69) is 22.5 Å². The number of hydrogen-bond acceptors (Lipinski definition) is 7. The molecule has 0 aromatic heterocycles. The first-order chi connectivity index (χ1) is 18.2. The Kier molecular flexibility index (Phi) is 10.4. The highest BCUT2D eigenvalue weighted by molar-refractivity contribution is 5.97. The molecule has 3 atom stereocenters. The van der Waals surface area contributed by atoms with Gasteiger partial charge in [0.2, 0.25) is 5.91 Å². The van der Waals surface area contributed by atoms with Crippen molar-refractivity contribution < 1.29 is 19.2 Å². The van der Waals surface area contributed by atoms with Crippen LogP contribution in [0.25, 0.3) is 0 Å². The number of hydrogen-bond donors (Lipinski definition) is 4. The fourth-order valence-corrected chi connectivity index (χ4v) is 4.37. The molecule has 6 N–H and O–H groups in total. The number of benzene rings is 2. The number of piperidine rings is 1. The van der Waals surface area contributed by atoms with Crippen LogP contribution >= 0.6 is 0 Å². The molecule has 0 spiro atoms. The molecular formula is C26H35N7O5. The van der Waals surface area contributed by atoms with Crippen molar-refractivity contribution in [2.45, 2.75) is 44.8 Å². The molecule has 1 heterocycles. The summed E-state index contributed by atoms with van der Waals surface area (Å²) in [5.74, 6) is 0.0867. The van der Waals surface area contributed by atoms with Crippen LogP contribution in [0.15, 0.2) is 59.6 Å². The average Bonchev–Trinajstić information content (AvgIpc) is 2.89. The lowest BCUT2D eigenvalue weighted by atomic mass is 9.95. The van der Waals surface area contributed by atoms with Crippen molar-refractivity contribution >= 4 is 29.1 Å². The Bertz CT molecular complexity index is 1110. The molecule has 12 nitrogen and oxygen atoms in total. The molecule has 2 unspecified atom stereocenters. The summed E-state index contributed by atoms with van der Waals surface area (Å²) in [6.45, 7) is 2.87. The van der Waals surface area contributed by atoms with Crippen molar-refractivity contribution in [1.82, 2.24) is 10.2 Å². The first kappa shape index (κ1) is 28.4. The van der Waals surface area contributed by atoms with E-state index in [4.69, 9.17) is 16.2 Å². The molecular weight excluding hydrogens is 490 g/mol. The first-order valence-electron chi connectivity index (χ1n) is 12.6. The van der Waals surface area contributed by atoms with Gasteiger partial charge in [0.05, 0.1) is 11.1 Å². The SMILES string of the molecule is CC1CCNC(N(C(=O)COc2ccccc2)[C@@H](CCCN=C(N)N)C(=O)Nc2ccc([N+](=O)[O-])cc2)C1. The molecule has 2 aromatic carbocycles. The highest BCUT2D eigenvalue weighted by atomic mass is 16.6. The molecule has 12 heteroatoms. The maximum absolute atomic E-state index is 13.6. The summed E-state index contributed by atoms with van der Waals surface area (Å²) in [5.41, 5.74) is 11.2. The molecule has 3 rings (SSSR count). The number of rotatable bonds is 12. The lowest BCUT2D eigenvalue weighted by Crippen LogP contribution is -2.60. The molecule has 1 aliphatic heterocycles. The van der Waals surface area contributed by atoms with E-state index in [9.17, 15) is 19.7 Å². The van der Waals surface area contributed by atoms with Gasteiger partial charge in [-0.15, -0.1) is 0 Å². The van der Waals surface area contributed by atoms with E-state index in [1.165, 1.54) is 24.3 Å². The van der Waals surface area contributed by atoms with Crippen LogP contribution in [0.1, 0.15) is 32.6 Å². The quantitative estimate of drug-likeness (QED) is 0.107. The van der Waals surface area contributed by atoms with Gasteiger partial charge in [-0.2, -0.15) is 0 Å². The summed E-state index contributed by atoms with van der Waals surface area (Å²) in [6.07, 6.45) is 2.00. The molecule has 1 fully saturated rings. The molecule has 0 radical (unpaired) electrons. The Morgan fingerprint density at radius 2 is 1.92 bits per heavy atom. The largest absolute Gasteiger partial charge is 0.484 e. The topological polar surface area (TPSA) is 178 Å². The Balaban J connectivity index is 1.86. The number of aliphatic imine (C=N–C) groups is 1. The molecule has 0 saturated carbocycles. The maximum atomic E-state index is 13.6. The Labute approximate surface area is 221 Å². The number of para-hydroxylation sites is 1. The van der Waals surface area contributed by atoms with Gasteiger partial charge in [0.15, 0.2) is 12.6 Å². The van der Waals surface area contributed by atoms with Crippen LogP contribution in [0, 0.1) is 16.0 Å². The second kappa shape index (κ2) is 13.9. The summed E-state index contributed by atoms with van der Waals surface area (Å²) >= 11 is 0. The predicted molar refractivity (Wildman–Crippen MR) is 144 cm³/mol. The number of nitrogens with one attached hydrogen (secondary N) is 2. The number of carbonyl (C=O) groups excluding carboxylic acids is 2. The fourth-order valence-electron chi connectivity index (χ4n) is 4.37. The van der Waals surface area contributed by atoms with Crippen molar-refractivity contribution in [2.75, 3.05) is 25.0 Å². The van der Waals surface area contributed by atoms with Crippen molar-refractivity contribution in [3.63, 3.8) is 0 Å². The highest BCUT2D eigenvalue weighted by Gasteiger charge is 2.37. The molecule has 2 amide bonds. The van der Waals surface area contributed by atoms with Gasteiger partial charge < -0.3 is 26.4 Å². The molecule has 2 aromatic rings. The lowest BCUT2D eigenvalue weighted by molar-refractivity contribution is -0.384. The summed E-state index contributed by atoms with van der Waals surface area (Å²) in [7, 11) is 0. The van der Waals surface area contributed by atoms with Crippen LogP contribution in [0.2, 0.25) is 0 Å². The third-order valence-corrected chi connectivity index (χ3v) is 6.29. The van der Waals surface area contributed by atoms with Gasteiger partial charge in [-0.25, -0.2) is 0 Å². The van der Waals surface area contributed by atoms with E-state index in [-0.39, 0.29) is 30.3 Å². The Morgan fingerprint density at radius 3 is 2.55 bits per heavy atom. The van der Waals surface area contributed by atoms with Crippen LogP contribution < -0.4 is 26.8 Å². The van der Waals surface area contributed by atoms with Crippen molar-refractivity contribution in [2.24, 2.45) is 22.4 Å². The summed E-state index contributed by atoms with van der Waals surface area (Å²) in [5, 5.41) is 17.2. The van der Waals surface area contributed by atoms with Crippen LogP contribution in [0.4, 0.5) is 11.4 Å². The normalized spacial score (nSPS) is 17.6. The second-order valence-corrected chi connectivity index (χ2v) is 9.26. The number of non-ortho nitro benzene ring substituents is 1. The number of amides is 2. The summed E-state index contributed by atoms with van der Waals surface area (Å²) in [4.78, 5) is 43.3. The molecule has 1 saturated heterocycles. The lowest BCUT2D eigenvalue weighted by Gasteiger charge is -2.41. The van der Waals surface area contributed by atoms with Gasteiger partial charge in [-0.05, 0) is 62.4 Å². The average molecular weight is 526 g/mol. The van der Waals surface area contributed by atoms with Crippen molar-refractivity contribution in [3.05, 3.63) is 64.7 Å². The van der Waals surface area contributed by atoms with E-state index in [1.54, 1.807) is 17.0 Å². The molecule has 38 heavy (non-hydrogen) atoms. The highest BCUT2D eigenvalue weighted by Crippen LogP contribution is 2.24. The van der Waals surface area contributed by atoms with Crippen LogP contribution in [-0.4, -0.2) is 59.5 Å². The Hall–Kier alpha value is -4.19. The van der Waals surface area contributed by atoms with Gasteiger partial charge in [-0.1, -0.05) is 25.1 Å². The van der Waals surface area contributed by atoms with E-state index in [0.29, 0.717) is 49.7 Å². The number of nitro groups is 1. The summed E-state index contributed by atoms with van der Waals surface area (Å²) < 4.78 is 5.74. The molecule has 0 aliphatic carbocycles. The number of nitrogens with zero attached hydrogens (tertiary/aromatic N) is 3. The maximum Gasteiger partial charge on any atom is 0.269 e. The molecule has 1 aliphatic rings.